The van der Waals surface area contributed by atoms with Crippen molar-refractivity contribution >= 4 is 48.4 Å². The molecule has 0 aromatic heterocycles. The number of alkyl carbamates (subject to hydrolysis) is 1. The highest BCUT2D eigenvalue weighted by atomic mass is 35.5. The molecule has 10 nitrogen and oxygen atoms in total. The van der Waals surface area contributed by atoms with Gasteiger partial charge in [-0.05, 0) is 63.5 Å². The molecule has 0 fully saturated rings. The van der Waals surface area contributed by atoms with Crippen molar-refractivity contribution in [2.45, 2.75) is 51.3 Å². The fourth-order valence-corrected chi connectivity index (χ4v) is 2.91. The van der Waals surface area contributed by atoms with Crippen molar-refractivity contribution in [2.75, 3.05) is 33.9 Å². The quantitative estimate of drug-likeness (QED) is 0.255. The molecule has 3 amide bonds. The van der Waals surface area contributed by atoms with E-state index in [1.807, 2.05) is 24.3 Å². The van der Waals surface area contributed by atoms with Crippen molar-refractivity contribution in [3.63, 3.8) is 0 Å². The lowest BCUT2D eigenvalue weighted by atomic mass is 10.1. The number of allylic oxidation sites excluding steroid dienone is 3. The number of amides is 3. The van der Waals surface area contributed by atoms with Gasteiger partial charge in [0.1, 0.15) is 11.6 Å². The van der Waals surface area contributed by atoms with Crippen LogP contribution in [0.5, 0.6) is 0 Å². The Balaban J connectivity index is -0.000000670. The van der Waals surface area contributed by atoms with E-state index >= 15 is 0 Å². The normalized spacial score (nSPS) is 12.4. The third kappa shape index (κ3) is 18.6. The van der Waals surface area contributed by atoms with Crippen LogP contribution in [0.2, 0.25) is 0 Å². The second-order valence-corrected chi connectivity index (χ2v) is 9.76. The van der Waals surface area contributed by atoms with E-state index < -0.39 is 23.8 Å². The molecule has 0 aliphatic heterocycles. The van der Waals surface area contributed by atoms with Crippen LogP contribution < -0.4 is 22.5 Å². The van der Waals surface area contributed by atoms with E-state index in [-0.39, 0.29) is 36.6 Å². The Morgan fingerprint density at radius 1 is 1.08 bits per heavy atom. The molecular weight excluding hydrogens is 543 g/mol. The third-order valence-corrected chi connectivity index (χ3v) is 4.59. The van der Waals surface area contributed by atoms with Crippen LogP contribution in [0.4, 0.5) is 10.5 Å². The lowest BCUT2D eigenvalue weighted by molar-refractivity contribution is -0.131. The Bertz CT molecular complexity index is 975. The van der Waals surface area contributed by atoms with Crippen LogP contribution in [0.15, 0.2) is 60.8 Å². The SMILES string of the molecule is C=C/C=C(N)\C=C\C[C@H](NC(=O)OC(C)(C)C)C(=O)N(C)C.CN(C)C(=O)[C@@H](N)Cc1cccc(N)c1.Cl.Cl. The molecule has 0 radical (unpaired) electrons. The minimum Gasteiger partial charge on any atom is -0.444 e. The number of benzene rings is 1. The van der Waals surface area contributed by atoms with Gasteiger partial charge in [-0.3, -0.25) is 9.59 Å². The predicted molar refractivity (Wildman–Crippen MR) is 164 cm³/mol. The summed E-state index contributed by atoms with van der Waals surface area (Å²) >= 11 is 0. The van der Waals surface area contributed by atoms with Crippen LogP contribution in [0.25, 0.3) is 0 Å². The Morgan fingerprint density at radius 3 is 2.10 bits per heavy atom. The van der Waals surface area contributed by atoms with Crippen molar-refractivity contribution in [2.24, 2.45) is 11.5 Å². The van der Waals surface area contributed by atoms with Crippen LogP contribution in [0.1, 0.15) is 32.8 Å². The Kier molecular flexibility index (Phi) is 20.5. The fraction of sp³-hybridized carbons (Fsp3) is 0.444. The lowest BCUT2D eigenvalue weighted by Gasteiger charge is -2.24. The van der Waals surface area contributed by atoms with Gasteiger partial charge in [0.2, 0.25) is 11.8 Å². The predicted octanol–water partition coefficient (Wildman–Crippen LogP) is 3.01. The number of hydrogen-bond donors (Lipinski definition) is 4. The molecule has 0 bridgehead atoms. The van der Waals surface area contributed by atoms with Gasteiger partial charge in [-0.1, -0.05) is 30.9 Å². The van der Waals surface area contributed by atoms with E-state index in [1.165, 1.54) is 9.80 Å². The van der Waals surface area contributed by atoms with Crippen molar-refractivity contribution < 1.29 is 19.1 Å². The van der Waals surface area contributed by atoms with Gasteiger partial charge in [-0.15, -0.1) is 24.8 Å². The topological polar surface area (TPSA) is 157 Å². The molecule has 39 heavy (non-hydrogen) atoms. The highest BCUT2D eigenvalue weighted by Crippen LogP contribution is 2.09. The number of halogens is 2. The Labute approximate surface area is 245 Å². The molecular formula is C27H46Cl2N6O4. The van der Waals surface area contributed by atoms with E-state index in [0.29, 0.717) is 24.2 Å². The van der Waals surface area contributed by atoms with E-state index in [0.717, 1.165) is 5.56 Å². The van der Waals surface area contributed by atoms with Gasteiger partial charge in [-0.2, -0.15) is 0 Å². The number of ether oxygens (including phenoxy) is 1. The van der Waals surface area contributed by atoms with Gasteiger partial charge in [0.15, 0.2) is 0 Å². The summed E-state index contributed by atoms with van der Waals surface area (Å²) in [6, 6.07) is 6.21. The molecule has 0 saturated heterocycles. The molecule has 0 aliphatic carbocycles. The highest BCUT2D eigenvalue weighted by molar-refractivity contribution is 5.86. The van der Waals surface area contributed by atoms with Gasteiger partial charge in [0.05, 0.1) is 6.04 Å². The number of nitrogens with zero attached hydrogens (tertiary/aromatic N) is 2. The molecule has 1 aromatic carbocycles. The second kappa shape index (κ2) is 19.8. The van der Waals surface area contributed by atoms with Crippen molar-refractivity contribution in [3.8, 4) is 0 Å². The lowest BCUT2D eigenvalue weighted by Crippen LogP contribution is -2.47. The maximum absolute atomic E-state index is 12.1. The summed E-state index contributed by atoms with van der Waals surface area (Å²) in [5.74, 6) is -0.292. The first-order chi connectivity index (χ1) is 17.1. The molecule has 7 N–H and O–H groups in total. The highest BCUT2D eigenvalue weighted by Gasteiger charge is 2.24. The standard InChI is InChI=1S/C16H27N3O3.C11H17N3O.2ClH/c1-7-9-12(17)10-8-11-13(14(20)19(5)6)18-15(21)22-16(2,3)4;1-14(2)11(15)10(13)7-8-4-3-5-9(12)6-8;;/h7-10,13H,1,11,17H2,2-6H3,(H,18,21);3-6,10H,7,12-13H2,1-2H3;2*1H/b10-8+,12-9+;;;/t13-;10-;;/m00../s1. The van der Waals surface area contributed by atoms with Gasteiger partial charge in [-0.25, -0.2) is 4.79 Å². The summed E-state index contributed by atoms with van der Waals surface area (Å²) in [5, 5.41) is 2.58. The van der Waals surface area contributed by atoms with E-state index in [1.54, 1.807) is 73.3 Å². The molecule has 1 rings (SSSR count). The molecule has 2 atom stereocenters. The molecule has 0 heterocycles. The summed E-state index contributed by atoms with van der Waals surface area (Å²) in [6.07, 6.45) is 6.79. The molecule has 1 aromatic rings. The number of rotatable bonds is 9. The van der Waals surface area contributed by atoms with Crippen LogP contribution in [0.3, 0.4) is 0 Å². The molecule has 222 valence electrons. The van der Waals surface area contributed by atoms with Gasteiger partial charge in [0.25, 0.3) is 0 Å². The molecule has 12 heteroatoms. The summed E-state index contributed by atoms with van der Waals surface area (Å²) in [4.78, 5) is 38.3. The van der Waals surface area contributed by atoms with Crippen LogP contribution in [-0.2, 0) is 20.7 Å². The molecule has 0 saturated carbocycles. The minimum absolute atomic E-state index is 0. The van der Waals surface area contributed by atoms with Gasteiger partial charge < -0.3 is 37.1 Å². The molecule has 0 aliphatic rings. The number of nitrogen functional groups attached to an aromatic ring is 1. The van der Waals surface area contributed by atoms with Crippen molar-refractivity contribution in [1.29, 1.82) is 0 Å². The summed E-state index contributed by atoms with van der Waals surface area (Å²) in [6.45, 7) is 8.82. The number of carbonyl (C=O) groups excluding carboxylic acids is 3. The zero-order valence-electron chi connectivity index (χ0n) is 24.0. The zero-order valence-corrected chi connectivity index (χ0v) is 25.6. The molecule has 0 unspecified atom stereocenters. The first-order valence-corrected chi connectivity index (χ1v) is 11.8. The third-order valence-electron chi connectivity index (χ3n) is 4.59. The average molecular weight is 590 g/mol. The van der Waals surface area contributed by atoms with Crippen LogP contribution >= 0.6 is 24.8 Å². The van der Waals surface area contributed by atoms with Gasteiger partial charge in [0, 0.05) is 39.6 Å². The summed E-state index contributed by atoms with van der Waals surface area (Å²) in [7, 11) is 6.65. The van der Waals surface area contributed by atoms with Crippen molar-refractivity contribution in [3.05, 3.63) is 66.4 Å². The zero-order chi connectivity index (χ0) is 28.8. The summed E-state index contributed by atoms with van der Waals surface area (Å²) < 4.78 is 5.17. The average Bonchev–Trinajstić information content (AvgIpc) is 2.76. The Morgan fingerprint density at radius 2 is 1.64 bits per heavy atom. The maximum Gasteiger partial charge on any atom is 0.408 e. The molecule has 0 spiro atoms. The summed E-state index contributed by atoms with van der Waals surface area (Å²) in [5.41, 5.74) is 18.7. The first-order valence-electron chi connectivity index (χ1n) is 11.8. The van der Waals surface area contributed by atoms with Crippen LogP contribution in [-0.4, -0.2) is 73.6 Å². The number of hydrogen-bond acceptors (Lipinski definition) is 7. The minimum atomic E-state index is -0.711. The number of anilines is 1. The van der Waals surface area contributed by atoms with Crippen molar-refractivity contribution in [1.82, 2.24) is 15.1 Å². The fourth-order valence-electron chi connectivity index (χ4n) is 2.91. The number of nitrogens with one attached hydrogen (secondary N) is 1. The van der Waals surface area contributed by atoms with E-state index in [4.69, 9.17) is 21.9 Å². The number of likely N-dealkylation sites (N-methyl/N-ethyl adjacent to an activating group) is 2. The van der Waals surface area contributed by atoms with E-state index in [9.17, 15) is 14.4 Å². The first kappa shape index (κ1) is 40.3. The number of nitrogens with two attached hydrogens (primary N) is 3. The maximum atomic E-state index is 12.1. The van der Waals surface area contributed by atoms with Gasteiger partial charge >= 0.3 is 6.09 Å². The monoisotopic (exact) mass is 588 g/mol. The second-order valence-electron chi connectivity index (χ2n) is 9.76. The Hall–Kier alpha value is -3.21. The smallest absolute Gasteiger partial charge is 0.408 e. The van der Waals surface area contributed by atoms with E-state index in [2.05, 4.69) is 11.9 Å². The number of carbonyl (C=O) groups is 3. The largest absolute Gasteiger partial charge is 0.444 e. The van der Waals surface area contributed by atoms with Crippen LogP contribution in [0, 0.1) is 0 Å².